The quantitative estimate of drug-likeness (QED) is 0.236. The zero-order valence-electron chi connectivity index (χ0n) is 19.8. The maximum atomic E-state index is 12.6. The number of carbonyl (C=O) groups excluding carboxylic acids is 1. The minimum atomic E-state index is -1.22. The number of carbonyl (C=O) groups is 2. The number of para-hydroxylation sites is 1. The Kier molecular flexibility index (Phi) is 11.9. The van der Waals surface area contributed by atoms with Gasteiger partial charge in [0.15, 0.2) is 0 Å². The molecule has 1 unspecified atom stereocenters. The zero-order chi connectivity index (χ0) is 23.9. The molecule has 1 atom stereocenters. The van der Waals surface area contributed by atoms with E-state index in [0.717, 1.165) is 12.2 Å². The van der Waals surface area contributed by atoms with Gasteiger partial charge in [-0.1, -0.05) is 70.1 Å². The summed E-state index contributed by atoms with van der Waals surface area (Å²) >= 11 is 0. The molecule has 0 aliphatic rings. The van der Waals surface area contributed by atoms with E-state index < -0.39 is 17.8 Å². The Hall–Kier alpha value is -3.02. The lowest BCUT2D eigenvalue weighted by Crippen LogP contribution is -2.31. The highest BCUT2D eigenvalue weighted by Crippen LogP contribution is 2.23. The molecule has 0 aliphatic heterocycles. The average Bonchev–Trinajstić information content (AvgIpc) is 2.82. The summed E-state index contributed by atoms with van der Waals surface area (Å²) < 4.78 is 11.1. The van der Waals surface area contributed by atoms with Crippen LogP contribution in [0.25, 0.3) is 0 Å². The summed E-state index contributed by atoms with van der Waals surface area (Å²) in [5.74, 6) is -1.67. The van der Waals surface area contributed by atoms with Crippen molar-refractivity contribution in [1.82, 2.24) is 0 Å². The standard InChI is InChI=1S/C27H37NO5/c1-3-4-5-6-7-8-9-12-19-33-23-17-15-22(16-18-23)28-26(29)24(27(30)31)20-21-13-10-11-14-25(21)32-2/h10-11,13-18,24H,3-9,12,19-20H2,1-2H3,(H,28,29)(H,30,31). The van der Waals surface area contributed by atoms with Crippen LogP contribution in [0, 0.1) is 5.92 Å². The van der Waals surface area contributed by atoms with Gasteiger partial charge in [-0.25, -0.2) is 0 Å². The van der Waals surface area contributed by atoms with Gasteiger partial charge in [0.1, 0.15) is 17.4 Å². The molecule has 1 amide bonds. The highest BCUT2D eigenvalue weighted by molar-refractivity contribution is 6.04. The van der Waals surface area contributed by atoms with Crippen molar-refractivity contribution in [3.05, 3.63) is 54.1 Å². The summed E-state index contributed by atoms with van der Waals surface area (Å²) in [5, 5.41) is 12.3. The number of rotatable bonds is 16. The molecule has 0 spiro atoms. The minimum Gasteiger partial charge on any atom is -0.496 e. The van der Waals surface area contributed by atoms with Crippen molar-refractivity contribution in [2.24, 2.45) is 5.92 Å². The number of unbranched alkanes of at least 4 members (excludes halogenated alkanes) is 7. The molecule has 2 rings (SSSR count). The van der Waals surface area contributed by atoms with Gasteiger partial charge < -0.3 is 19.9 Å². The number of benzene rings is 2. The molecule has 0 aromatic heterocycles. The number of anilines is 1. The van der Waals surface area contributed by atoms with Gasteiger partial charge in [-0.3, -0.25) is 9.59 Å². The van der Waals surface area contributed by atoms with E-state index >= 15 is 0 Å². The Labute approximate surface area is 197 Å². The van der Waals surface area contributed by atoms with Crippen LogP contribution in [0.3, 0.4) is 0 Å². The molecule has 2 aromatic rings. The predicted octanol–water partition coefficient (Wildman–Crippen LogP) is 6.10. The fourth-order valence-corrected chi connectivity index (χ4v) is 3.67. The first-order chi connectivity index (χ1) is 16.0. The lowest BCUT2D eigenvalue weighted by atomic mass is 9.97. The van der Waals surface area contributed by atoms with Crippen molar-refractivity contribution >= 4 is 17.6 Å². The second-order valence-electron chi connectivity index (χ2n) is 8.24. The molecule has 0 saturated carbocycles. The van der Waals surface area contributed by atoms with Crippen LogP contribution in [0.2, 0.25) is 0 Å². The lowest BCUT2D eigenvalue weighted by Gasteiger charge is -2.15. The van der Waals surface area contributed by atoms with Crippen molar-refractivity contribution in [2.75, 3.05) is 19.0 Å². The average molecular weight is 456 g/mol. The molecule has 33 heavy (non-hydrogen) atoms. The Morgan fingerprint density at radius 1 is 0.909 bits per heavy atom. The van der Waals surface area contributed by atoms with Gasteiger partial charge >= 0.3 is 5.97 Å². The van der Waals surface area contributed by atoms with E-state index in [4.69, 9.17) is 9.47 Å². The van der Waals surface area contributed by atoms with Crippen molar-refractivity contribution in [3.63, 3.8) is 0 Å². The van der Waals surface area contributed by atoms with Crippen LogP contribution in [0.15, 0.2) is 48.5 Å². The van der Waals surface area contributed by atoms with E-state index in [9.17, 15) is 14.7 Å². The maximum absolute atomic E-state index is 12.6. The largest absolute Gasteiger partial charge is 0.496 e. The molecule has 180 valence electrons. The monoisotopic (exact) mass is 455 g/mol. The first kappa shape index (κ1) is 26.2. The number of methoxy groups -OCH3 is 1. The van der Waals surface area contributed by atoms with Gasteiger partial charge in [-0.2, -0.15) is 0 Å². The van der Waals surface area contributed by atoms with Crippen LogP contribution in [-0.4, -0.2) is 30.7 Å². The van der Waals surface area contributed by atoms with Crippen LogP contribution in [0.4, 0.5) is 5.69 Å². The Balaban J connectivity index is 1.78. The fraction of sp³-hybridized carbons (Fsp3) is 0.481. The van der Waals surface area contributed by atoms with Crippen LogP contribution in [-0.2, 0) is 16.0 Å². The van der Waals surface area contributed by atoms with Crippen LogP contribution < -0.4 is 14.8 Å². The summed E-state index contributed by atoms with van der Waals surface area (Å²) in [5.41, 5.74) is 1.21. The number of nitrogens with one attached hydrogen (secondary N) is 1. The third kappa shape index (κ3) is 9.56. The van der Waals surface area contributed by atoms with Crippen molar-refractivity contribution in [3.8, 4) is 11.5 Å². The molecule has 0 fully saturated rings. The summed E-state index contributed by atoms with van der Waals surface area (Å²) in [6.45, 7) is 2.90. The molecule has 0 saturated heterocycles. The highest BCUT2D eigenvalue weighted by Gasteiger charge is 2.27. The molecule has 0 bridgehead atoms. The SMILES string of the molecule is CCCCCCCCCCOc1ccc(NC(=O)C(Cc2ccccc2OC)C(=O)O)cc1. The number of ether oxygens (including phenoxy) is 2. The number of amides is 1. The Morgan fingerprint density at radius 3 is 2.18 bits per heavy atom. The van der Waals surface area contributed by atoms with Crippen molar-refractivity contribution in [1.29, 1.82) is 0 Å². The number of carboxylic acid groups (broad SMARTS) is 1. The molecule has 0 radical (unpaired) electrons. The van der Waals surface area contributed by atoms with E-state index in [1.165, 1.54) is 52.1 Å². The van der Waals surface area contributed by atoms with Gasteiger partial charge in [0.05, 0.1) is 13.7 Å². The van der Waals surface area contributed by atoms with Gasteiger partial charge in [0.25, 0.3) is 0 Å². The van der Waals surface area contributed by atoms with E-state index in [1.807, 2.05) is 0 Å². The summed E-state index contributed by atoms with van der Waals surface area (Å²) in [6, 6.07) is 14.1. The van der Waals surface area contributed by atoms with Crippen LogP contribution in [0.5, 0.6) is 11.5 Å². The topological polar surface area (TPSA) is 84.9 Å². The number of hydrogen-bond acceptors (Lipinski definition) is 4. The van der Waals surface area contributed by atoms with E-state index in [-0.39, 0.29) is 6.42 Å². The van der Waals surface area contributed by atoms with Gasteiger partial charge in [0, 0.05) is 5.69 Å². The maximum Gasteiger partial charge on any atom is 0.316 e. The van der Waals surface area contributed by atoms with E-state index in [0.29, 0.717) is 23.6 Å². The normalized spacial score (nSPS) is 11.6. The van der Waals surface area contributed by atoms with Crippen LogP contribution >= 0.6 is 0 Å². The van der Waals surface area contributed by atoms with E-state index in [2.05, 4.69) is 12.2 Å². The number of hydrogen-bond donors (Lipinski definition) is 2. The summed E-state index contributed by atoms with van der Waals surface area (Å²) in [6.07, 6.45) is 10.1. The van der Waals surface area contributed by atoms with Crippen molar-refractivity contribution < 1.29 is 24.2 Å². The first-order valence-electron chi connectivity index (χ1n) is 11.9. The third-order valence-electron chi connectivity index (χ3n) is 5.62. The molecule has 2 N–H and O–H groups in total. The number of aliphatic carboxylic acids is 1. The highest BCUT2D eigenvalue weighted by atomic mass is 16.5. The zero-order valence-corrected chi connectivity index (χ0v) is 19.8. The fourth-order valence-electron chi connectivity index (χ4n) is 3.67. The predicted molar refractivity (Wildman–Crippen MR) is 131 cm³/mol. The Morgan fingerprint density at radius 2 is 1.55 bits per heavy atom. The molecule has 6 heteroatoms. The second kappa shape index (κ2) is 14.9. The van der Waals surface area contributed by atoms with E-state index in [1.54, 1.807) is 48.5 Å². The van der Waals surface area contributed by atoms with Crippen molar-refractivity contribution in [2.45, 2.75) is 64.7 Å². The third-order valence-corrected chi connectivity index (χ3v) is 5.62. The molecular formula is C27H37NO5. The molecule has 0 heterocycles. The molecule has 6 nitrogen and oxygen atoms in total. The first-order valence-corrected chi connectivity index (χ1v) is 11.9. The molecular weight excluding hydrogens is 418 g/mol. The summed E-state index contributed by atoms with van der Waals surface area (Å²) in [4.78, 5) is 24.4. The van der Waals surface area contributed by atoms with Gasteiger partial charge in [-0.15, -0.1) is 0 Å². The van der Waals surface area contributed by atoms with Crippen LogP contribution in [0.1, 0.15) is 63.9 Å². The van der Waals surface area contributed by atoms with Gasteiger partial charge in [-0.05, 0) is 48.7 Å². The number of carboxylic acids is 1. The minimum absolute atomic E-state index is 0.0466. The second-order valence-corrected chi connectivity index (χ2v) is 8.24. The summed E-state index contributed by atoms with van der Waals surface area (Å²) in [7, 11) is 1.52. The molecule has 0 aliphatic carbocycles. The molecule has 2 aromatic carbocycles. The van der Waals surface area contributed by atoms with Gasteiger partial charge in [0.2, 0.25) is 5.91 Å². The Bertz CT molecular complexity index is 850. The smallest absolute Gasteiger partial charge is 0.316 e. The lowest BCUT2D eigenvalue weighted by molar-refractivity contribution is -0.145.